The van der Waals surface area contributed by atoms with Crippen molar-refractivity contribution in [3.63, 3.8) is 0 Å². The van der Waals surface area contributed by atoms with Crippen molar-refractivity contribution in [2.45, 2.75) is 19.8 Å². The highest BCUT2D eigenvalue weighted by Gasteiger charge is 2.11. The van der Waals surface area contributed by atoms with Crippen molar-refractivity contribution < 1.29 is 19.4 Å². The number of amides is 1. The number of halogens is 1. The van der Waals surface area contributed by atoms with Gasteiger partial charge in [-0.05, 0) is 31.5 Å². The van der Waals surface area contributed by atoms with E-state index in [2.05, 4.69) is 21.2 Å². The first-order valence-electron chi connectivity index (χ1n) is 5.97. The Kier molecular flexibility index (Phi) is 6.35. The normalized spacial score (nSPS) is 10.0. The Morgan fingerprint density at radius 1 is 1.42 bits per heavy atom. The summed E-state index contributed by atoms with van der Waals surface area (Å²) in [4.78, 5) is 22.9. The third-order valence-corrected chi connectivity index (χ3v) is 2.85. The molecule has 5 nitrogen and oxygen atoms in total. The zero-order valence-electron chi connectivity index (χ0n) is 10.6. The smallest absolute Gasteiger partial charge is 0.305 e. The Labute approximate surface area is 120 Å². The summed E-state index contributed by atoms with van der Waals surface area (Å²) in [5.41, 5.74) is 0.200. The Morgan fingerprint density at radius 2 is 2.16 bits per heavy atom. The summed E-state index contributed by atoms with van der Waals surface area (Å²) in [6.45, 7) is 2.45. The standard InChI is InChI=1S/C13H16BrNO4/c1-2-19-12(17)4-3-7-15-13(18)10-8-9(14)5-6-11(10)16/h5-6,8,16H,2-4,7H2,1H3,(H,15,18). The monoisotopic (exact) mass is 329 g/mol. The molecule has 0 unspecified atom stereocenters. The zero-order chi connectivity index (χ0) is 14.3. The lowest BCUT2D eigenvalue weighted by Gasteiger charge is -2.07. The van der Waals surface area contributed by atoms with E-state index in [4.69, 9.17) is 4.74 Å². The van der Waals surface area contributed by atoms with E-state index in [1.165, 1.54) is 12.1 Å². The molecular weight excluding hydrogens is 314 g/mol. The number of aromatic hydroxyl groups is 1. The van der Waals surface area contributed by atoms with Crippen LogP contribution in [-0.4, -0.2) is 30.1 Å². The summed E-state index contributed by atoms with van der Waals surface area (Å²) in [6.07, 6.45) is 0.762. The Bertz CT molecular complexity index is 462. The van der Waals surface area contributed by atoms with Gasteiger partial charge in [0.1, 0.15) is 5.75 Å². The summed E-state index contributed by atoms with van der Waals surface area (Å²) < 4.78 is 5.48. The lowest BCUT2D eigenvalue weighted by Crippen LogP contribution is -2.25. The van der Waals surface area contributed by atoms with Crippen LogP contribution in [0.3, 0.4) is 0 Å². The van der Waals surface area contributed by atoms with Crippen molar-refractivity contribution in [3.8, 4) is 5.75 Å². The SMILES string of the molecule is CCOC(=O)CCCNC(=O)c1cc(Br)ccc1O. The van der Waals surface area contributed by atoms with Crippen LogP contribution in [0.25, 0.3) is 0 Å². The molecule has 0 aromatic heterocycles. The number of hydrogen-bond acceptors (Lipinski definition) is 4. The number of phenolic OH excluding ortho intramolecular Hbond substituents is 1. The summed E-state index contributed by atoms with van der Waals surface area (Å²) in [5.74, 6) is -0.726. The van der Waals surface area contributed by atoms with E-state index in [9.17, 15) is 14.7 Å². The molecule has 0 aliphatic heterocycles. The molecule has 1 aromatic carbocycles. The molecule has 0 radical (unpaired) electrons. The molecule has 104 valence electrons. The minimum atomic E-state index is -0.373. The number of rotatable bonds is 6. The third kappa shape index (κ3) is 5.30. The van der Waals surface area contributed by atoms with Gasteiger partial charge in [-0.1, -0.05) is 15.9 Å². The number of ether oxygens (including phenoxy) is 1. The van der Waals surface area contributed by atoms with Crippen LogP contribution in [0.4, 0.5) is 0 Å². The second kappa shape index (κ2) is 7.78. The zero-order valence-corrected chi connectivity index (χ0v) is 12.2. The minimum Gasteiger partial charge on any atom is -0.507 e. The summed E-state index contributed by atoms with van der Waals surface area (Å²) in [6, 6.07) is 4.63. The average Bonchev–Trinajstić information content (AvgIpc) is 2.37. The van der Waals surface area contributed by atoms with Crippen molar-refractivity contribution in [1.29, 1.82) is 0 Å². The number of benzene rings is 1. The van der Waals surface area contributed by atoms with Crippen molar-refractivity contribution in [3.05, 3.63) is 28.2 Å². The van der Waals surface area contributed by atoms with Gasteiger partial charge in [0.2, 0.25) is 0 Å². The van der Waals surface area contributed by atoms with Crippen molar-refractivity contribution in [2.75, 3.05) is 13.2 Å². The van der Waals surface area contributed by atoms with Crippen LogP contribution in [0.15, 0.2) is 22.7 Å². The molecule has 2 N–H and O–H groups in total. The van der Waals surface area contributed by atoms with Crippen LogP contribution in [0.5, 0.6) is 5.75 Å². The van der Waals surface area contributed by atoms with Crippen LogP contribution in [0.1, 0.15) is 30.1 Å². The van der Waals surface area contributed by atoms with Gasteiger partial charge >= 0.3 is 5.97 Å². The molecule has 19 heavy (non-hydrogen) atoms. The highest BCUT2D eigenvalue weighted by atomic mass is 79.9. The molecule has 1 amide bonds. The van der Waals surface area contributed by atoms with Gasteiger partial charge in [-0.25, -0.2) is 0 Å². The van der Waals surface area contributed by atoms with Gasteiger partial charge < -0.3 is 15.2 Å². The maximum absolute atomic E-state index is 11.8. The number of nitrogens with one attached hydrogen (secondary N) is 1. The molecule has 1 rings (SSSR count). The predicted octanol–water partition coefficient (Wildman–Crippen LogP) is 2.23. The number of carbonyl (C=O) groups excluding carboxylic acids is 2. The minimum absolute atomic E-state index is 0.0777. The Morgan fingerprint density at radius 3 is 2.84 bits per heavy atom. The molecule has 0 heterocycles. The largest absolute Gasteiger partial charge is 0.507 e. The quantitative estimate of drug-likeness (QED) is 0.619. The molecule has 1 aromatic rings. The fraction of sp³-hybridized carbons (Fsp3) is 0.385. The van der Waals surface area contributed by atoms with Crippen molar-refractivity contribution in [1.82, 2.24) is 5.32 Å². The summed E-state index contributed by atoms with van der Waals surface area (Å²) in [7, 11) is 0. The van der Waals surface area contributed by atoms with Gasteiger partial charge in [-0.3, -0.25) is 9.59 Å². The molecule has 0 fully saturated rings. The molecule has 0 saturated heterocycles. The van der Waals surface area contributed by atoms with Crippen LogP contribution >= 0.6 is 15.9 Å². The van der Waals surface area contributed by atoms with Crippen LogP contribution in [0.2, 0.25) is 0 Å². The molecule has 0 aliphatic rings. The predicted molar refractivity (Wildman–Crippen MR) is 74.0 cm³/mol. The fourth-order valence-corrected chi connectivity index (χ4v) is 1.81. The molecule has 6 heteroatoms. The first kappa shape index (κ1) is 15.5. The van der Waals surface area contributed by atoms with Gasteiger partial charge in [0.05, 0.1) is 12.2 Å². The van der Waals surface area contributed by atoms with E-state index >= 15 is 0 Å². The van der Waals surface area contributed by atoms with Gasteiger partial charge in [-0.2, -0.15) is 0 Å². The van der Waals surface area contributed by atoms with E-state index in [1.807, 2.05) is 0 Å². The summed E-state index contributed by atoms with van der Waals surface area (Å²) in [5, 5.41) is 12.2. The van der Waals surface area contributed by atoms with Crippen LogP contribution in [0, 0.1) is 0 Å². The maximum atomic E-state index is 11.8. The number of carbonyl (C=O) groups is 2. The molecular formula is C13H16BrNO4. The van der Waals surface area contributed by atoms with Gasteiger partial charge in [0.25, 0.3) is 5.91 Å². The van der Waals surface area contributed by atoms with Gasteiger partial charge in [-0.15, -0.1) is 0 Å². The van der Waals surface area contributed by atoms with Crippen molar-refractivity contribution >= 4 is 27.8 Å². The average molecular weight is 330 g/mol. The Balaban J connectivity index is 2.39. The van der Waals surface area contributed by atoms with E-state index in [1.54, 1.807) is 13.0 Å². The molecule has 0 spiro atoms. The first-order valence-corrected chi connectivity index (χ1v) is 6.76. The second-order valence-corrected chi connectivity index (χ2v) is 4.74. The van der Waals surface area contributed by atoms with E-state index in [0.717, 1.165) is 0 Å². The van der Waals surface area contributed by atoms with Crippen LogP contribution < -0.4 is 5.32 Å². The topological polar surface area (TPSA) is 75.6 Å². The number of esters is 1. The molecule has 0 atom stereocenters. The van der Waals surface area contributed by atoms with Gasteiger partial charge in [0, 0.05) is 17.4 Å². The molecule has 0 saturated carbocycles. The maximum Gasteiger partial charge on any atom is 0.305 e. The van der Waals surface area contributed by atoms with E-state index in [0.29, 0.717) is 24.0 Å². The lowest BCUT2D eigenvalue weighted by atomic mass is 10.2. The highest BCUT2D eigenvalue weighted by molar-refractivity contribution is 9.10. The van der Waals surface area contributed by atoms with Crippen LogP contribution in [-0.2, 0) is 9.53 Å². The summed E-state index contributed by atoms with van der Waals surface area (Å²) >= 11 is 3.23. The third-order valence-electron chi connectivity index (χ3n) is 2.35. The van der Waals surface area contributed by atoms with Gasteiger partial charge in [0.15, 0.2) is 0 Å². The highest BCUT2D eigenvalue weighted by Crippen LogP contribution is 2.21. The van der Waals surface area contributed by atoms with E-state index in [-0.39, 0.29) is 29.6 Å². The number of hydrogen-bond donors (Lipinski definition) is 2. The first-order chi connectivity index (χ1) is 9.04. The Hall–Kier alpha value is -1.56. The molecule has 0 aliphatic carbocycles. The molecule has 0 bridgehead atoms. The van der Waals surface area contributed by atoms with E-state index < -0.39 is 0 Å². The number of phenols is 1. The second-order valence-electron chi connectivity index (χ2n) is 3.83. The lowest BCUT2D eigenvalue weighted by molar-refractivity contribution is -0.143. The van der Waals surface area contributed by atoms with Crippen molar-refractivity contribution in [2.24, 2.45) is 0 Å². The fourth-order valence-electron chi connectivity index (χ4n) is 1.45.